The molecule has 0 aliphatic carbocycles. The summed E-state index contributed by atoms with van der Waals surface area (Å²) in [7, 11) is 1.47. The van der Waals surface area contributed by atoms with Crippen LogP contribution in [0, 0.1) is 0 Å². The molecule has 0 spiro atoms. The fourth-order valence-electron chi connectivity index (χ4n) is 1.83. The number of halogens is 1. The molecule has 0 radical (unpaired) electrons. The lowest BCUT2D eigenvalue weighted by Gasteiger charge is -1.99. The standard InChI is InChI=1S/C12H9ClN6O2S/c1-14-11(20)8-10(22-18-16-8)9-12(21)19(17-15-9)7-4-2-6(13)3-5-7/h2-5,17H,1H3,(H,14,20). The molecular formula is C12H9ClN6O2S. The molecule has 3 rings (SSSR count). The topological polar surface area (TPSA) is 106 Å². The van der Waals surface area contributed by atoms with Crippen molar-refractivity contribution in [3.8, 4) is 16.3 Å². The molecule has 112 valence electrons. The number of hydrogen-bond acceptors (Lipinski definition) is 6. The van der Waals surface area contributed by atoms with Crippen LogP contribution in [0.1, 0.15) is 10.5 Å². The lowest BCUT2D eigenvalue weighted by molar-refractivity contribution is 0.0959. The van der Waals surface area contributed by atoms with Gasteiger partial charge in [0.1, 0.15) is 4.88 Å². The number of aromatic nitrogens is 5. The Balaban J connectivity index is 2.08. The molecule has 2 N–H and O–H groups in total. The van der Waals surface area contributed by atoms with Gasteiger partial charge < -0.3 is 5.32 Å². The summed E-state index contributed by atoms with van der Waals surface area (Å²) in [6, 6.07) is 6.68. The maximum Gasteiger partial charge on any atom is 0.300 e. The van der Waals surface area contributed by atoms with Gasteiger partial charge in [-0.25, -0.2) is 9.90 Å². The maximum atomic E-state index is 12.5. The molecule has 1 aromatic carbocycles. The largest absolute Gasteiger partial charge is 0.354 e. The van der Waals surface area contributed by atoms with E-state index in [9.17, 15) is 9.59 Å². The lowest BCUT2D eigenvalue weighted by atomic mass is 10.3. The molecule has 0 unspecified atom stereocenters. The number of aromatic amines is 1. The highest BCUT2D eigenvalue weighted by Crippen LogP contribution is 2.21. The van der Waals surface area contributed by atoms with Crippen LogP contribution >= 0.6 is 23.1 Å². The third kappa shape index (κ3) is 2.40. The number of nitrogens with zero attached hydrogens (tertiary/aromatic N) is 4. The molecule has 0 saturated heterocycles. The molecule has 2 heterocycles. The fraction of sp³-hybridized carbons (Fsp3) is 0.0833. The monoisotopic (exact) mass is 336 g/mol. The first-order valence-electron chi connectivity index (χ1n) is 6.10. The van der Waals surface area contributed by atoms with E-state index in [0.717, 1.165) is 11.5 Å². The fourth-order valence-corrected chi connectivity index (χ4v) is 2.59. The highest BCUT2D eigenvalue weighted by atomic mass is 35.5. The van der Waals surface area contributed by atoms with Gasteiger partial charge in [0.2, 0.25) is 0 Å². The molecular weight excluding hydrogens is 328 g/mol. The Morgan fingerprint density at radius 3 is 2.77 bits per heavy atom. The van der Waals surface area contributed by atoms with Gasteiger partial charge in [0.15, 0.2) is 11.4 Å². The Bertz CT molecular complexity index is 882. The molecule has 8 nitrogen and oxygen atoms in total. The van der Waals surface area contributed by atoms with Crippen LogP contribution in [-0.2, 0) is 0 Å². The molecule has 0 aliphatic rings. The third-order valence-corrected chi connectivity index (χ3v) is 3.88. The van der Waals surface area contributed by atoms with Gasteiger partial charge in [-0.15, -0.1) is 5.10 Å². The Morgan fingerprint density at radius 2 is 2.09 bits per heavy atom. The van der Waals surface area contributed by atoms with Crippen molar-refractivity contribution in [2.75, 3.05) is 7.05 Å². The van der Waals surface area contributed by atoms with E-state index >= 15 is 0 Å². The first-order chi connectivity index (χ1) is 10.6. The number of nitrogens with one attached hydrogen (secondary N) is 2. The van der Waals surface area contributed by atoms with Gasteiger partial charge in [-0.1, -0.05) is 16.1 Å². The first kappa shape index (κ1) is 14.4. The van der Waals surface area contributed by atoms with Crippen molar-refractivity contribution >= 4 is 29.0 Å². The van der Waals surface area contributed by atoms with Crippen molar-refractivity contribution in [3.05, 3.63) is 45.3 Å². The van der Waals surface area contributed by atoms with Crippen molar-refractivity contribution in [1.82, 2.24) is 29.9 Å². The number of benzene rings is 1. The van der Waals surface area contributed by atoms with Crippen LogP contribution < -0.4 is 10.9 Å². The number of hydrogen-bond donors (Lipinski definition) is 2. The predicted octanol–water partition coefficient (Wildman–Crippen LogP) is 1.09. The predicted molar refractivity (Wildman–Crippen MR) is 81.5 cm³/mol. The van der Waals surface area contributed by atoms with Gasteiger partial charge in [-0.2, -0.15) is 5.10 Å². The summed E-state index contributed by atoms with van der Waals surface area (Å²) in [4.78, 5) is 24.5. The highest BCUT2D eigenvalue weighted by molar-refractivity contribution is 7.09. The van der Waals surface area contributed by atoms with E-state index in [-0.39, 0.29) is 11.4 Å². The maximum absolute atomic E-state index is 12.5. The minimum absolute atomic E-state index is 0.0688. The van der Waals surface area contributed by atoms with E-state index in [2.05, 4.69) is 25.2 Å². The zero-order valence-corrected chi connectivity index (χ0v) is 12.8. The lowest BCUT2D eigenvalue weighted by Crippen LogP contribution is -2.20. The average Bonchev–Trinajstić information content (AvgIpc) is 3.14. The molecule has 0 fully saturated rings. The van der Waals surface area contributed by atoms with Crippen molar-refractivity contribution in [2.45, 2.75) is 0 Å². The molecule has 1 amide bonds. The molecule has 10 heteroatoms. The second-order valence-corrected chi connectivity index (χ2v) is 5.40. The van der Waals surface area contributed by atoms with E-state index in [1.165, 1.54) is 11.7 Å². The Morgan fingerprint density at radius 1 is 1.36 bits per heavy atom. The number of carbonyl (C=O) groups is 1. The summed E-state index contributed by atoms with van der Waals surface area (Å²) in [5, 5.41) is 13.3. The van der Waals surface area contributed by atoms with Gasteiger partial charge in [-0.3, -0.25) is 9.59 Å². The van der Waals surface area contributed by atoms with E-state index < -0.39 is 11.5 Å². The number of rotatable bonds is 3. The van der Waals surface area contributed by atoms with E-state index in [1.54, 1.807) is 24.3 Å². The number of H-pyrrole nitrogens is 1. The second-order valence-electron chi connectivity index (χ2n) is 4.21. The zero-order chi connectivity index (χ0) is 15.7. The summed E-state index contributed by atoms with van der Waals surface area (Å²) in [5.41, 5.74) is 0.327. The summed E-state index contributed by atoms with van der Waals surface area (Å²) >= 11 is 6.76. The molecule has 0 atom stereocenters. The molecule has 0 bridgehead atoms. The Hall–Kier alpha value is -2.52. The van der Waals surface area contributed by atoms with E-state index in [1.807, 2.05) is 0 Å². The van der Waals surface area contributed by atoms with Crippen molar-refractivity contribution in [1.29, 1.82) is 0 Å². The van der Waals surface area contributed by atoms with Gasteiger partial charge in [-0.05, 0) is 35.8 Å². The third-order valence-electron chi connectivity index (χ3n) is 2.90. The summed E-state index contributed by atoms with van der Waals surface area (Å²) in [6.45, 7) is 0. The molecule has 0 aliphatic heterocycles. The number of amides is 1. The van der Waals surface area contributed by atoms with Crippen LogP contribution in [0.5, 0.6) is 0 Å². The van der Waals surface area contributed by atoms with Crippen LogP contribution in [0.15, 0.2) is 29.1 Å². The normalized spacial score (nSPS) is 10.6. The average molecular weight is 337 g/mol. The minimum Gasteiger partial charge on any atom is -0.354 e. The van der Waals surface area contributed by atoms with E-state index in [0.29, 0.717) is 15.6 Å². The molecule has 2 aromatic heterocycles. The smallest absolute Gasteiger partial charge is 0.300 e. The Kier molecular flexibility index (Phi) is 3.73. The summed E-state index contributed by atoms with van der Waals surface area (Å²) in [5.74, 6) is -0.427. The van der Waals surface area contributed by atoms with Gasteiger partial charge in [0.05, 0.1) is 5.69 Å². The van der Waals surface area contributed by atoms with Crippen LogP contribution in [0.3, 0.4) is 0 Å². The molecule has 3 aromatic rings. The van der Waals surface area contributed by atoms with Gasteiger partial charge >= 0.3 is 0 Å². The zero-order valence-electron chi connectivity index (χ0n) is 11.2. The van der Waals surface area contributed by atoms with Gasteiger partial charge in [0.25, 0.3) is 11.5 Å². The minimum atomic E-state index is -0.427. The van der Waals surface area contributed by atoms with Crippen LogP contribution in [0.25, 0.3) is 16.3 Å². The van der Waals surface area contributed by atoms with Crippen molar-refractivity contribution in [3.63, 3.8) is 0 Å². The SMILES string of the molecule is CNC(=O)c1nnsc1-c1n[nH]n(-c2ccc(Cl)cc2)c1=O. The number of carbonyl (C=O) groups excluding carboxylic acids is 1. The quantitative estimate of drug-likeness (QED) is 0.744. The van der Waals surface area contributed by atoms with Crippen molar-refractivity contribution < 1.29 is 4.79 Å². The van der Waals surface area contributed by atoms with E-state index in [4.69, 9.17) is 11.6 Å². The highest BCUT2D eigenvalue weighted by Gasteiger charge is 2.22. The molecule has 22 heavy (non-hydrogen) atoms. The summed E-state index contributed by atoms with van der Waals surface area (Å²) in [6.07, 6.45) is 0. The molecule has 0 saturated carbocycles. The van der Waals surface area contributed by atoms with Gasteiger partial charge in [0, 0.05) is 12.1 Å². The first-order valence-corrected chi connectivity index (χ1v) is 7.25. The second kappa shape index (κ2) is 5.70. The summed E-state index contributed by atoms with van der Waals surface area (Å²) < 4.78 is 4.96. The van der Waals surface area contributed by atoms with Crippen LogP contribution in [0.4, 0.5) is 0 Å². The van der Waals surface area contributed by atoms with Crippen molar-refractivity contribution in [2.24, 2.45) is 0 Å². The van der Waals surface area contributed by atoms with Crippen LogP contribution in [0.2, 0.25) is 5.02 Å². The van der Waals surface area contributed by atoms with Crippen LogP contribution in [-0.4, -0.2) is 37.5 Å². The Labute approximate surface area is 132 Å².